The van der Waals surface area contributed by atoms with Gasteiger partial charge < -0.3 is 14.6 Å². The summed E-state index contributed by atoms with van der Waals surface area (Å²) in [7, 11) is 0. The van der Waals surface area contributed by atoms with Crippen molar-refractivity contribution in [3.63, 3.8) is 0 Å². The summed E-state index contributed by atoms with van der Waals surface area (Å²) >= 11 is 0. The summed E-state index contributed by atoms with van der Waals surface area (Å²) in [5.41, 5.74) is 2.39. The van der Waals surface area contributed by atoms with Crippen LogP contribution in [0.5, 0.6) is 0 Å². The van der Waals surface area contributed by atoms with E-state index in [9.17, 15) is 8.78 Å². The van der Waals surface area contributed by atoms with Crippen LogP contribution in [0.25, 0.3) is 11.5 Å². The zero-order valence-corrected chi connectivity index (χ0v) is 20.0. The number of hydrogen-bond donors (Lipinski definition) is 1. The largest absolute Gasteiger partial charge is 0.419 e. The van der Waals surface area contributed by atoms with Gasteiger partial charge in [0.05, 0.1) is 5.69 Å². The molecule has 8 heteroatoms. The highest BCUT2D eigenvalue weighted by atomic mass is 19.1. The molecular formula is C28H29F2N5O. The average Bonchev–Trinajstić information content (AvgIpc) is 3.41. The van der Waals surface area contributed by atoms with Gasteiger partial charge in [0.2, 0.25) is 11.8 Å². The summed E-state index contributed by atoms with van der Waals surface area (Å²) in [6.07, 6.45) is 0.914. The molecule has 1 aromatic heterocycles. The van der Waals surface area contributed by atoms with E-state index in [4.69, 9.17) is 4.42 Å². The molecular weight excluding hydrogens is 460 g/mol. The number of hydrogen-bond acceptors (Lipinski definition) is 6. The van der Waals surface area contributed by atoms with Gasteiger partial charge in [0.1, 0.15) is 17.7 Å². The van der Waals surface area contributed by atoms with E-state index in [0.717, 1.165) is 56.8 Å². The highest BCUT2D eigenvalue weighted by Crippen LogP contribution is 2.25. The van der Waals surface area contributed by atoms with E-state index in [2.05, 4.69) is 25.3 Å². The van der Waals surface area contributed by atoms with Crippen LogP contribution in [-0.4, -0.2) is 54.4 Å². The molecule has 1 saturated heterocycles. The second-order valence-corrected chi connectivity index (χ2v) is 8.88. The molecule has 186 valence electrons. The molecule has 0 unspecified atom stereocenters. The van der Waals surface area contributed by atoms with E-state index < -0.39 is 0 Å². The van der Waals surface area contributed by atoms with Gasteiger partial charge in [0, 0.05) is 31.7 Å². The summed E-state index contributed by atoms with van der Waals surface area (Å²) in [6.45, 7) is 5.03. The molecule has 0 saturated carbocycles. The fourth-order valence-electron chi connectivity index (χ4n) is 4.52. The average molecular weight is 490 g/mol. The van der Waals surface area contributed by atoms with Gasteiger partial charge in [-0.3, -0.25) is 4.90 Å². The molecule has 1 aliphatic heterocycles. The number of piperazine rings is 1. The van der Waals surface area contributed by atoms with Gasteiger partial charge >= 0.3 is 0 Å². The lowest BCUT2D eigenvalue weighted by Crippen LogP contribution is -2.47. The molecule has 0 radical (unpaired) electrons. The standard InChI is InChI=1S/C28H29F2N5O/c29-23-13-11-21(12-14-23)26(28-33-32-27(36-28)22-7-2-1-3-8-22)31-15-6-16-34-17-19-35(20-18-34)25-10-5-4-9-24(25)30/h1-5,7-14,26,31H,6,15-20H2/t26-/m1/s1. The lowest BCUT2D eigenvalue weighted by molar-refractivity contribution is 0.252. The van der Waals surface area contributed by atoms with Crippen molar-refractivity contribution in [3.05, 3.63) is 102 Å². The van der Waals surface area contributed by atoms with Crippen LogP contribution in [0, 0.1) is 11.6 Å². The van der Waals surface area contributed by atoms with Crippen molar-refractivity contribution in [2.24, 2.45) is 0 Å². The molecule has 1 aliphatic rings. The Morgan fingerprint density at radius 1 is 0.833 bits per heavy atom. The summed E-state index contributed by atoms with van der Waals surface area (Å²) in [6, 6.07) is 22.6. The van der Waals surface area contributed by atoms with Gasteiger partial charge in [-0.1, -0.05) is 42.5 Å². The number of rotatable bonds is 9. The lowest BCUT2D eigenvalue weighted by Gasteiger charge is -2.36. The third-order valence-electron chi connectivity index (χ3n) is 6.48. The first kappa shape index (κ1) is 24.1. The highest BCUT2D eigenvalue weighted by Gasteiger charge is 2.22. The van der Waals surface area contributed by atoms with E-state index in [1.165, 1.54) is 18.2 Å². The molecule has 3 aromatic carbocycles. The lowest BCUT2D eigenvalue weighted by atomic mass is 10.1. The Morgan fingerprint density at radius 3 is 2.31 bits per heavy atom. The van der Waals surface area contributed by atoms with Crippen molar-refractivity contribution < 1.29 is 13.2 Å². The van der Waals surface area contributed by atoms with E-state index in [1.807, 2.05) is 42.5 Å². The van der Waals surface area contributed by atoms with Crippen molar-refractivity contribution in [2.75, 3.05) is 44.2 Å². The van der Waals surface area contributed by atoms with Crippen LogP contribution < -0.4 is 10.2 Å². The topological polar surface area (TPSA) is 57.4 Å². The highest BCUT2D eigenvalue weighted by molar-refractivity contribution is 5.52. The Balaban J connectivity index is 1.17. The predicted octanol–water partition coefficient (Wildman–Crippen LogP) is 4.91. The Kier molecular flexibility index (Phi) is 7.64. The van der Waals surface area contributed by atoms with Crippen molar-refractivity contribution in [1.82, 2.24) is 20.4 Å². The van der Waals surface area contributed by atoms with E-state index in [1.54, 1.807) is 18.2 Å². The molecule has 2 heterocycles. The maximum atomic E-state index is 14.1. The van der Waals surface area contributed by atoms with Gasteiger partial charge in [0.15, 0.2) is 0 Å². The summed E-state index contributed by atoms with van der Waals surface area (Å²) in [4.78, 5) is 4.50. The second kappa shape index (κ2) is 11.4. The van der Waals surface area contributed by atoms with Crippen molar-refractivity contribution >= 4 is 5.69 Å². The van der Waals surface area contributed by atoms with Gasteiger partial charge in [-0.25, -0.2) is 8.78 Å². The molecule has 6 nitrogen and oxygen atoms in total. The molecule has 0 amide bonds. The van der Waals surface area contributed by atoms with E-state index in [-0.39, 0.29) is 17.7 Å². The second-order valence-electron chi connectivity index (χ2n) is 8.88. The maximum absolute atomic E-state index is 14.1. The summed E-state index contributed by atoms with van der Waals surface area (Å²) in [5.74, 6) is 0.437. The first-order valence-electron chi connectivity index (χ1n) is 12.3. The molecule has 0 spiro atoms. The fraction of sp³-hybridized carbons (Fsp3) is 0.286. The molecule has 5 rings (SSSR count). The number of nitrogens with one attached hydrogen (secondary N) is 1. The van der Waals surface area contributed by atoms with Crippen LogP contribution in [-0.2, 0) is 0 Å². The number of aromatic nitrogens is 2. The minimum atomic E-state index is -0.339. The van der Waals surface area contributed by atoms with Crippen molar-refractivity contribution in [3.8, 4) is 11.5 Å². The molecule has 1 fully saturated rings. The maximum Gasteiger partial charge on any atom is 0.247 e. The van der Waals surface area contributed by atoms with Crippen molar-refractivity contribution in [2.45, 2.75) is 12.5 Å². The minimum Gasteiger partial charge on any atom is -0.419 e. The van der Waals surface area contributed by atoms with Gasteiger partial charge in [-0.2, -0.15) is 0 Å². The number of nitrogens with zero attached hydrogens (tertiary/aromatic N) is 4. The normalized spacial score (nSPS) is 15.2. The smallest absolute Gasteiger partial charge is 0.247 e. The number of halogens is 2. The van der Waals surface area contributed by atoms with Crippen LogP contribution in [0.3, 0.4) is 0 Å². The predicted molar refractivity (Wildman–Crippen MR) is 136 cm³/mol. The Labute approximate surface area is 209 Å². The van der Waals surface area contributed by atoms with Crippen LogP contribution in [0.15, 0.2) is 83.3 Å². The molecule has 0 bridgehead atoms. The van der Waals surface area contributed by atoms with Crippen LogP contribution >= 0.6 is 0 Å². The van der Waals surface area contributed by atoms with E-state index in [0.29, 0.717) is 17.5 Å². The first-order chi connectivity index (χ1) is 17.7. The summed E-state index contributed by atoms with van der Waals surface area (Å²) < 4.78 is 33.6. The van der Waals surface area contributed by atoms with E-state index >= 15 is 0 Å². The van der Waals surface area contributed by atoms with Gasteiger partial charge in [-0.15, -0.1) is 10.2 Å². The molecule has 1 atom stereocenters. The van der Waals surface area contributed by atoms with Crippen LogP contribution in [0.1, 0.15) is 23.9 Å². The zero-order chi connectivity index (χ0) is 24.7. The monoisotopic (exact) mass is 489 g/mol. The first-order valence-corrected chi connectivity index (χ1v) is 12.3. The van der Waals surface area contributed by atoms with Gasteiger partial charge in [0.25, 0.3) is 0 Å². The molecule has 4 aromatic rings. The molecule has 1 N–H and O–H groups in total. The SMILES string of the molecule is Fc1ccc([C@@H](NCCCN2CCN(c3ccccc3F)CC2)c2nnc(-c3ccccc3)o2)cc1. The Hall–Kier alpha value is -3.62. The number of para-hydroxylation sites is 1. The minimum absolute atomic E-state index is 0.168. The number of anilines is 1. The number of benzene rings is 3. The van der Waals surface area contributed by atoms with Crippen LogP contribution in [0.4, 0.5) is 14.5 Å². The fourth-order valence-corrected chi connectivity index (χ4v) is 4.52. The third kappa shape index (κ3) is 5.78. The Morgan fingerprint density at radius 2 is 1.56 bits per heavy atom. The summed E-state index contributed by atoms with van der Waals surface area (Å²) in [5, 5.41) is 12.0. The zero-order valence-electron chi connectivity index (χ0n) is 20.0. The Bertz CT molecular complexity index is 1240. The molecule has 0 aliphatic carbocycles. The third-order valence-corrected chi connectivity index (χ3v) is 6.48. The van der Waals surface area contributed by atoms with Crippen molar-refractivity contribution in [1.29, 1.82) is 0 Å². The molecule has 36 heavy (non-hydrogen) atoms. The quantitative estimate of drug-likeness (QED) is 0.338. The van der Waals surface area contributed by atoms with Gasteiger partial charge in [-0.05, 0) is 61.5 Å². The van der Waals surface area contributed by atoms with Crippen LogP contribution in [0.2, 0.25) is 0 Å².